The monoisotopic (exact) mass is 210 g/mol. The van der Waals surface area contributed by atoms with Gasteiger partial charge in [-0.1, -0.05) is 13.8 Å². The summed E-state index contributed by atoms with van der Waals surface area (Å²) < 4.78 is 5.71. The van der Waals surface area contributed by atoms with E-state index in [-0.39, 0.29) is 23.9 Å². The van der Waals surface area contributed by atoms with Gasteiger partial charge in [-0.3, -0.25) is 4.79 Å². The van der Waals surface area contributed by atoms with E-state index in [1.165, 1.54) is 0 Å². The van der Waals surface area contributed by atoms with Gasteiger partial charge in [0, 0.05) is 37.9 Å². The Balaban J connectivity index is 2.12. The SMILES string of the molecule is CC1(C)CC(=O)C2=C(C1)OC(CCO)C2. The summed E-state index contributed by atoms with van der Waals surface area (Å²) in [4.78, 5) is 11.8. The zero-order valence-electron chi connectivity index (χ0n) is 9.38. The highest BCUT2D eigenvalue weighted by atomic mass is 16.5. The summed E-state index contributed by atoms with van der Waals surface area (Å²) in [5.41, 5.74) is 0.914. The molecule has 2 rings (SSSR count). The first kappa shape index (κ1) is 10.7. The molecule has 1 unspecified atom stereocenters. The number of rotatable bonds is 2. The molecule has 15 heavy (non-hydrogen) atoms. The average Bonchev–Trinajstić information content (AvgIpc) is 2.46. The molecule has 0 bridgehead atoms. The lowest BCUT2D eigenvalue weighted by molar-refractivity contribution is -0.118. The van der Waals surface area contributed by atoms with E-state index in [0.717, 1.165) is 17.8 Å². The fourth-order valence-corrected chi connectivity index (χ4v) is 2.42. The molecule has 0 fully saturated rings. The Labute approximate surface area is 90.1 Å². The molecule has 0 saturated carbocycles. The molecular weight excluding hydrogens is 192 g/mol. The van der Waals surface area contributed by atoms with Crippen LogP contribution in [0.4, 0.5) is 0 Å². The Morgan fingerprint density at radius 3 is 2.87 bits per heavy atom. The molecule has 2 aliphatic rings. The summed E-state index contributed by atoms with van der Waals surface area (Å²) in [6.07, 6.45) is 2.83. The van der Waals surface area contributed by atoms with Gasteiger partial charge in [0.25, 0.3) is 0 Å². The smallest absolute Gasteiger partial charge is 0.162 e. The second-order valence-corrected chi connectivity index (χ2v) is 5.30. The lowest BCUT2D eigenvalue weighted by Crippen LogP contribution is -2.24. The van der Waals surface area contributed by atoms with Gasteiger partial charge in [-0.2, -0.15) is 0 Å². The quantitative estimate of drug-likeness (QED) is 0.756. The van der Waals surface area contributed by atoms with Crippen molar-refractivity contribution in [1.29, 1.82) is 0 Å². The highest BCUT2D eigenvalue weighted by Gasteiger charge is 2.39. The Kier molecular flexibility index (Phi) is 2.59. The Bertz CT molecular complexity index is 315. The first-order chi connectivity index (χ1) is 7.02. The van der Waals surface area contributed by atoms with Gasteiger partial charge < -0.3 is 9.84 Å². The van der Waals surface area contributed by atoms with Crippen LogP contribution < -0.4 is 0 Å². The first-order valence-corrected chi connectivity index (χ1v) is 5.54. The van der Waals surface area contributed by atoms with Crippen LogP contribution >= 0.6 is 0 Å². The van der Waals surface area contributed by atoms with Gasteiger partial charge in [-0.15, -0.1) is 0 Å². The number of aliphatic hydroxyl groups is 1. The second kappa shape index (κ2) is 3.63. The van der Waals surface area contributed by atoms with Crippen LogP contribution in [0.3, 0.4) is 0 Å². The van der Waals surface area contributed by atoms with Crippen LogP contribution in [0.5, 0.6) is 0 Å². The number of hydrogen-bond donors (Lipinski definition) is 1. The summed E-state index contributed by atoms with van der Waals surface area (Å²) in [6, 6.07) is 0. The Morgan fingerprint density at radius 1 is 1.47 bits per heavy atom. The number of ketones is 1. The molecule has 1 atom stereocenters. The van der Waals surface area contributed by atoms with Crippen LogP contribution in [0.1, 0.15) is 39.5 Å². The highest BCUT2D eigenvalue weighted by molar-refractivity contribution is 5.97. The molecule has 0 saturated heterocycles. The van der Waals surface area contributed by atoms with E-state index >= 15 is 0 Å². The standard InChI is InChI=1S/C12H18O3/c1-12(2)6-10(14)9-5-8(3-4-13)15-11(9)7-12/h8,13H,3-7H2,1-2H3. The van der Waals surface area contributed by atoms with Crippen LogP contribution in [0, 0.1) is 5.41 Å². The predicted molar refractivity (Wildman–Crippen MR) is 56.2 cm³/mol. The molecule has 3 nitrogen and oxygen atoms in total. The maximum atomic E-state index is 11.8. The van der Waals surface area contributed by atoms with E-state index in [2.05, 4.69) is 13.8 Å². The van der Waals surface area contributed by atoms with E-state index in [9.17, 15) is 4.79 Å². The van der Waals surface area contributed by atoms with Crippen LogP contribution in [0.15, 0.2) is 11.3 Å². The zero-order valence-corrected chi connectivity index (χ0v) is 9.38. The minimum Gasteiger partial charge on any atom is -0.494 e. The molecule has 0 aromatic heterocycles. The molecule has 1 aliphatic heterocycles. The van der Waals surface area contributed by atoms with Gasteiger partial charge in [0.15, 0.2) is 5.78 Å². The number of Topliss-reactive ketones (excluding diaryl/α,β-unsaturated/α-hetero) is 1. The summed E-state index contributed by atoms with van der Waals surface area (Å²) in [5.74, 6) is 1.12. The third-order valence-electron chi connectivity index (χ3n) is 3.14. The third-order valence-corrected chi connectivity index (χ3v) is 3.14. The molecule has 1 aliphatic carbocycles. The summed E-state index contributed by atoms with van der Waals surface area (Å²) in [5, 5.41) is 8.85. The third kappa shape index (κ3) is 2.07. The molecule has 0 radical (unpaired) electrons. The molecule has 1 N–H and O–H groups in total. The Morgan fingerprint density at radius 2 is 2.20 bits per heavy atom. The minimum atomic E-state index is 0.0258. The van der Waals surface area contributed by atoms with Crippen LogP contribution in [-0.2, 0) is 9.53 Å². The maximum absolute atomic E-state index is 11.8. The molecule has 0 aromatic rings. The number of carbonyl (C=O) groups is 1. The molecule has 0 spiro atoms. The van der Waals surface area contributed by atoms with Crippen molar-refractivity contribution in [1.82, 2.24) is 0 Å². The largest absolute Gasteiger partial charge is 0.494 e. The number of allylic oxidation sites excluding steroid dienone is 1. The fraction of sp³-hybridized carbons (Fsp3) is 0.750. The molecule has 0 amide bonds. The van der Waals surface area contributed by atoms with E-state index in [1.807, 2.05) is 0 Å². The predicted octanol–water partition coefficient (Wildman–Crippen LogP) is 1.80. The van der Waals surface area contributed by atoms with Crippen molar-refractivity contribution in [2.45, 2.75) is 45.6 Å². The number of aliphatic hydroxyl groups excluding tert-OH is 1. The molecule has 1 heterocycles. The average molecular weight is 210 g/mol. The second-order valence-electron chi connectivity index (χ2n) is 5.30. The van der Waals surface area contributed by atoms with Crippen LogP contribution in [0.2, 0.25) is 0 Å². The molecule has 84 valence electrons. The van der Waals surface area contributed by atoms with E-state index in [4.69, 9.17) is 9.84 Å². The first-order valence-electron chi connectivity index (χ1n) is 5.54. The van der Waals surface area contributed by atoms with Gasteiger partial charge >= 0.3 is 0 Å². The van der Waals surface area contributed by atoms with Crippen molar-refractivity contribution in [2.24, 2.45) is 5.41 Å². The van der Waals surface area contributed by atoms with Crippen molar-refractivity contribution in [3.63, 3.8) is 0 Å². The summed E-state index contributed by atoms with van der Waals surface area (Å²) in [7, 11) is 0. The van der Waals surface area contributed by atoms with Crippen molar-refractivity contribution in [3.8, 4) is 0 Å². The topological polar surface area (TPSA) is 46.5 Å². The number of ether oxygens (including phenoxy) is 1. The number of hydrogen-bond acceptors (Lipinski definition) is 3. The van der Waals surface area contributed by atoms with Crippen LogP contribution in [0.25, 0.3) is 0 Å². The van der Waals surface area contributed by atoms with E-state index in [0.29, 0.717) is 19.3 Å². The van der Waals surface area contributed by atoms with Gasteiger partial charge in [-0.25, -0.2) is 0 Å². The van der Waals surface area contributed by atoms with Crippen molar-refractivity contribution in [3.05, 3.63) is 11.3 Å². The molecule has 0 aromatic carbocycles. The van der Waals surface area contributed by atoms with E-state index in [1.54, 1.807) is 0 Å². The van der Waals surface area contributed by atoms with Crippen molar-refractivity contribution < 1.29 is 14.6 Å². The maximum Gasteiger partial charge on any atom is 0.162 e. The lowest BCUT2D eigenvalue weighted by Gasteiger charge is -2.28. The summed E-state index contributed by atoms with van der Waals surface area (Å²) >= 11 is 0. The molecule has 3 heteroatoms. The van der Waals surface area contributed by atoms with Crippen LogP contribution in [-0.4, -0.2) is 23.6 Å². The van der Waals surface area contributed by atoms with Gasteiger partial charge in [0.1, 0.15) is 11.9 Å². The van der Waals surface area contributed by atoms with Gasteiger partial charge in [-0.05, 0) is 5.41 Å². The Hall–Kier alpha value is -0.830. The molecular formula is C12H18O3. The van der Waals surface area contributed by atoms with Gasteiger partial charge in [0.05, 0.1) is 0 Å². The summed E-state index contributed by atoms with van der Waals surface area (Å²) in [6.45, 7) is 4.32. The zero-order chi connectivity index (χ0) is 11.1. The normalized spacial score (nSPS) is 29.0. The minimum absolute atomic E-state index is 0.0258. The number of carbonyl (C=O) groups excluding carboxylic acids is 1. The van der Waals surface area contributed by atoms with Crippen molar-refractivity contribution in [2.75, 3.05) is 6.61 Å². The van der Waals surface area contributed by atoms with E-state index < -0.39 is 0 Å². The fourth-order valence-electron chi connectivity index (χ4n) is 2.42. The highest BCUT2D eigenvalue weighted by Crippen LogP contribution is 2.43. The lowest BCUT2D eigenvalue weighted by atomic mass is 9.76. The van der Waals surface area contributed by atoms with Gasteiger partial charge in [0.2, 0.25) is 0 Å². The van der Waals surface area contributed by atoms with Crippen molar-refractivity contribution >= 4 is 5.78 Å².